The molecule has 0 aliphatic heterocycles. The monoisotopic (exact) mass is 648 g/mol. The van der Waals surface area contributed by atoms with E-state index in [9.17, 15) is 18.0 Å². The van der Waals surface area contributed by atoms with E-state index >= 15 is 0 Å². The topological polar surface area (TPSA) is 95.9 Å². The van der Waals surface area contributed by atoms with Crippen LogP contribution in [-0.4, -0.2) is 44.5 Å². The Morgan fingerprint density at radius 3 is 2.37 bits per heavy atom. The van der Waals surface area contributed by atoms with Crippen LogP contribution in [0.3, 0.4) is 0 Å². The molecule has 0 atom stereocenters. The molecule has 0 N–H and O–H groups in total. The van der Waals surface area contributed by atoms with Gasteiger partial charge in [-0.3, -0.25) is 4.57 Å². The number of carbonyl (C=O) groups excluding carboxylic acids is 1. The molecule has 2 heterocycles. The van der Waals surface area contributed by atoms with Crippen molar-refractivity contribution in [2.45, 2.75) is 46.4 Å². The van der Waals surface area contributed by atoms with Crippen LogP contribution in [0.15, 0.2) is 88.4 Å². The highest BCUT2D eigenvalue weighted by Gasteiger charge is 2.31. The molecule has 2 aromatic heterocycles. The van der Waals surface area contributed by atoms with Crippen LogP contribution in [0.4, 0.5) is 18.0 Å². The molecule has 3 aromatic carbocycles. The summed E-state index contributed by atoms with van der Waals surface area (Å²) in [5, 5.41) is 6.39. The van der Waals surface area contributed by atoms with Gasteiger partial charge in [0.2, 0.25) is 0 Å². The Kier molecular flexibility index (Phi) is 9.52. The number of thiazole rings is 1. The van der Waals surface area contributed by atoms with Gasteiger partial charge in [-0.2, -0.15) is 4.99 Å². The Hall–Kier alpha value is -5.04. The van der Waals surface area contributed by atoms with E-state index in [1.54, 1.807) is 14.0 Å². The third-order valence-corrected chi connectivity index (χ3v) is 7.90. The second kappa shape index (κ2) is 13.5. The van der Waals surface area contributed by atoms with Gasteiger partial charge in [-0.15, -0.1) is 29.6 Å². The van der Waals surface area contributed by atoms with E-state index in [-0.39, 0.29) is 11.7 Å². The number of aromatic nitrogens is 4. The first-order valence-corrected chi connectivity index (χ1v) is 15.1. The summed E-state index contributed by atoms with van der Waals surface area (Å²) in [4.78, 5) is 26.3. The van der Waals surface area contributed by atoms with Gasteiger partial charge >= 0.3 is 12.4 Å². The van der Waals surface area contributed by atoms with Crippen LogP contribution < -0.4 is 14.3 Å². The first-order chi connectivity index (χ1) is 21.9. The maximum Gasteiger partial charge on any atom is 0.573 e. The van der Waals surface area contributed by atoms with Crippen molar-refractivity contribution in [1.29, 1.82) is 0 Å². The van der Waals surface area contributed by atoms with Crippen LogP contribution in [0.25, 0.3) is 22.8 Å². The number of ether oxygens (including phenoxy) is 2. The molecule has 0 fully saturated rings. The van der Waals surface area contributed by atoms with Crippen molar-refractivity contribution in [2.75, 3.05) is 7.11 Å². The van der Waals surface area contributed by atoms with Crippen LogP contribution in [0, 0.1) is 6.92 Å². The molecule has 0 unspecified atom stereocenters. The first kappa shape index (κ1) is 32.4. The van der Waals surface area contributed by atoms with Crippen molar-refractivity contribution in [1.82, 2.24) is 19.3 Å². The minimum absolute atomic E-state index is 0.247. The van der Waals surface area contributed by atoms with Crippen LogP contribution >= 0.6 is 11.3 Å². The summed E-state index contributed by atoms with van der Waals surface area (Å²) >= 11 is 1.37. The lowest BCUT2D eigenvalue weighted by Crippen LogP contribution is -2.18. The van der Waals surface area contributed by atoms with Crippen LogP contribution in [0.5, 0.6) is 11.5 Å². The summed E-state index contributed by atoms with van der Waals surface area (Å²) in [5.41, 5.74) is 5.77. The van der Waals surface area contributed by atoms with E-state index in [1.165, 1.54) is 46.6 Å². The minimum Gasteiger partial charge on any atom is -0.497 e. The van der Waals surface area contributed by atoms with Crippen LogP contribution in [0.1, 0.15) is 43.5 Å². The molecule has 0 aliphatic rings. The number of aliphatic imine (C=N–C) groups is 1. The third kappa shape index (κ3) is 7.78. The maximum absolute atomic E-state index is 12.9. The number of carbonyl (C=O) groups is 1. The predicted octanol–water partition coefficient (Wildman–Crippen LogP) is 7.85. The molecule has 0 bridgehead atoms. The molecule has 9 nitrogen and oxygen atoms in total. The minimum atomic E-state index is -4.76. The number of nitrogens with zero attached hydrogens (tertiary/aromatic N) is 6. The van der Waals surface area contributed by atoms with Gasteiger partial charge in [-0.25, -0.2) is 19.5 Å². The molecular weight excluding hydrogens is 617 g/mol. The molecule has 46 heavy (non-hydrogen) atoms. The number of hydrogen-bond donors (Lipinski definition) is 0. The second-order valence-electron chi connectivity index (χ2n) is 10.7. The molecule has 2 amide bonds. The highest BCUT2D eigenvalue weighted by atomic mass is 32.1. The third-order valence-electron chi connectivity index (χ3n) is 6.96. The highest BCUT2D eigenvalue weighted by Crippen LogP contribution is 2.28. The fourth-order valence-corrected chi connectivity index (χ4v) is 5.65. The number of benzene rings is 3. The summed E-state index contributed by atoms with van der Waals surface area (Å²) in [6.07, 6.45) is -2.84. The Balaban J connectivity index is 1.28. The quantitative estimate of drug-likeness (QED) is 0.160. The van der Waals surface area contributed by atoms with Crippen molar-refractivity contribution < 1.29 is 27.4 Å². The normalized spacial score (nSPS) is 12.5. The van der Waals surface area contributed by atoms with Crippen molar-refractivity contribution in [3.8, 4) is 34.3 Å². The summed E-state index contributed by atoms with van der Waals surface area (Å²) in [5.74, 6) is 1.08. The van der Waals surface area contributed by atoms with E-state index in [0.717, 1.165) is 28.1 Å². The molecular formula is C33H31F3N6O3S. The van der Waals surface area contributed by atoms with E-state index in [1.807, 2.05) is 59.3 Å². The molecule has 5 aromatic rings. The highest BCUT2D eigenvalue weighted by molar-refractivity contribution is 7.07. The van der Waals surface area contributed by atoms with Crippen LogP contribution in [0.2, 0.25) is 0 Å². The number of rotatable bonds is 8. The Bertz CT molecular complexity index is 1940. The Morgan fingerprint density at radius 2 is 1.72 bits per heavy atom. The number of hydrogen-bond acceptors (Lipinski definition) is 6. The van der Waals surface area contributed by atoms with Crippen LogP contribution in [-0.2, 0) is 6.42 Å². The molecule has 5 rings (SSSR count). The molecule has 0 radical (unpaired) electrons. The second-order valence-corrected chi connectivity index (χ2v) is 11.6. The number of aryl methyl sites for hydroxylation is 1. The number of urea groups is 1. The van der Waals surface area contributed by atoms with E-state index < -0.39 is 12.4 Å². The smallest absolute Gasteiger partial charge is 0.497 e. The summed E-state index contributed by atoms with van der Waals surface area (Å²) < 4.78 is 50.1. The van der Waals surface area contributed by atoms with E-state index in [2.05, 4.69) is 38.7 Å². The van der Waals surface area contributed by atoms with Gasteiger partial charge < -0.3 is 9.47 Å². The predicted molar refractivity (Wildman–Crippen MR) is 170 cm³/mol. The first-order valence-electron chi connectivity index (χ1n) is 14.3. The zero-order chi connectivity index (χ0) is 33.0. The van der Waals surface area contributed by atoms with Gasteiger partial charge in [0.25, 0.3) is 0 Å². The number of amides is 2. The lowest BCUT2D eigenvalue weighted by atomic mass is 10.0. The van der Waals surface area contributed by atoms with Gasteiger partial charge in [0.1, 0.15) is 17.8 Å². The fourth-order valence-electron chi connectivity index (χ4n) is 4.79. The average molecular weight is 649 g/mol. The number of alkyl halides is 3. The summed E-state index contributed by atoms with van der Waals surface area (Å²) in [7, 11) is 1.62. The molecule has 0 saturated heterocycles. The summed E-state index contributed by atoms with van der Waals surface area (Å²) in [6.45, 7) is 7.97. The molecule has 0 spiro atoms. The van der Waals surface area contributed by atoms with Gasteiger partial charge in [0.05, 0.1) is 18.5 Å². The van der Waals surface area contributed by atoms with E-state index in [4.69, 9.17) is 4.74 Å². The lowest BCUT2D eigenvalue weighted by molar-refractivity contribution is -0.274. The van der Waals surface area contributed by atoms with Crippen molar-refractivity contribution in [3.63, 3.8) is 0 Å². The number of methoxy groups -OCH3 is 1. The van der Waals surface area contributed by atoms with Crippen molar-refractivity contribution in [2.24, 2.45) is 9.98 Å². The Labute approximate surface area is 267 Å². The van der Waals surface area contributed by atoms with Gasteiger partial charge in [-0.05, 0) is 61.2 Å². The largest absolute Gasteiger partial charge is 0.573 e. The van der Waals surface area contributed by atoms with E-state index in [0.29, 0.717) is 34.2 Å². The molecule has 0 aliphatic carbocycles. The van der Waals surface area contributed by atoms with Gasteiger partial charge in [-0.1, -0.05) is 44.2 Å². The molecule has 238 valence electrons. The average Bonchev–Trinajstić information content (AvgIpc) is 3.63. The SMILES string of the molecule is COc1ccc(C(C)C)c(-n2c(C)csc2=NC(=O)N=C(C)Cc2ccc(-c3ncn(-c4ccc(OC(F)(F)F)cc4)n3)cc2)c1. The molecule has 13 heteroatoms. The van der Waals surface area contributed by atoms with Crippen molar-refractivity contribution >= 4 is 23.1 Å². The number of halogens is 3. The maximum atomic E-state index is 12.9. The summed E-state index contributed by atoms with van der Waals surface area (Å²) in [6, 6.07) is 18.2. The van der Waals surface area contributed by atoms with Gasteiger partial charge in [0, 0.05) is 34.8 Å². The van der Waals surface area contributed by atoms with Gasteiger partial charge in [0.15, 0.2) is 10.6 Å². The standard InChI is InChI=1S/C33H31F3N6O3S/c1-20(2)28-15-14-27(44-5)17-29(28)42-22(4)18-46-32(42)39-31(43)38-21(3)16-23-6-8-24(9-7-23)30-37-19-41(40-30)25-10-12-26(13-11-25)45-33(34,35)36/h6-15,17-20H,16H2,1-5H3. The zero-order valence-corrected chi connectivity index (χ0v) is 26.6. The Morgan fingerprint density at radius 1 is 1.02 bits per heavy atom. The van der Waals surface area contributed by atoms with Crippen molar-refractivity contribution in [3.05, 3.63) is 100 Å². The zero-order valence-electron chi connectivity index (χ0n) is 25.7. The fraction of sp³-hybridized carbons (Fsp3) is 0.242. The lowest BCUT2D eigenvalue weighted by Gasteiger charge is -2.16. The molecule has 0 saturated carbocycles.